The molecule has 1 aromatic heterocycles. The third-order valence-corrected chi connectivity index (χ3v) is 3.96. The molecule has 1 heterocycles. The van der Waals surface area contributed by atoms with Crippen LogP contribution in [0.5, 0.6) is 0 Å². The lowest BCUT2D eigenvalue weighted by atomic mass is 10.2. The van der Waals surface area contributed by atoms with Crippen molar-refractivity contribution in [1.82, 2.24) is 10.3 Å². The molecule has 21 heavy (non-hydrogen) atoms. The maximum Gasteiger partial charge on any atom is 0.320 e. The van der Waals surface area contributed by atoms with Gasteiger partial charge in [0.15, 0.2) is 0 Å². The zero-order valence-corrected chi connectivity index (χ0v) is 13.2. The van der Waals surface area contributed by atoms with E-state index in [1.165, 1.54) is 11.3 Å². The molecule has 0 aliphatic carbocycles. The lowest BCUT2D eigenvalue weighted by Gasteiger charge is -2.12. The normalized spacial score (nSPS) is 12.0. The molecule has 0 saturated carbocycles. The number of hydrogen-bond acceptors (Lipinski definition) is 4. The van der Waals surface area contributed by atoms with E-state index in [9.17, 15) is 4.79 Å². The summed E-state index contributed by atoms with van der Waals surface area (Å²) in [7, 11) is 1.61. The van der Waals surface area contributed by atoms with Gasteiger partial charge in [0.1, 0.15) is 10.0 Å². The fourth-order valence-electron chi connectivity index (χ4n) is 1.87. The van der Waals surface area contributed by atoms with E-state index < -0.39 is 0 Å². The highest BCUT2D eigenvalue weighted by Crippen LogP contribution is 2.31. The number of carbonyl (C=O) groups excluding carboxylic acids is 1. The number of aryl methyl sites for hydroxylation is 1. The van der Waals surface area contributed by atoms with Crippen LogP contribution in [0.4, 0.5) is 9.80 Å². The average Bonchev–Trinajstić information content (AvgIpc) is 2.81. The largest absolute Gasteiger partial charge is 0.383 e. The standard InChI is InChI=1S/C15H19N3O2S/c1-10(9-20-3)16-15(19)18-13-11(2)17-14(21-13)12-7-5-4-6-8-12/h4-8,10H,9H2,1-3H3,(H2,16,18,19)/t10-/m1/s1. The van der Waals surface area contributed by atoms with Gasteiger partial charge in [0.25, 0.3) is 0 Å². The molecule has 6 heteroatoms. The van der Waals surface area contributed by atoms with Gasteiger partial charge in [0, 0.05) is 12.7 Å². The fourth-order valence-corrected chi connectivity index (χ4v) is 2.84. The maximum atomic E-state index is 11.9. The number of benzene rings is 1. The number of nitrogens with one attached hydrogen (secondary N) is 2. The first-order valence-corrected chi connectivity index (χ1v) is 7.51. The Labute approximate surface area is 128 Å². The molecule has 0 aliphatic heterocycles. The number of ether oxygens (including phenoxy) is 1. The van der Waals surface area contributed by atoms with Crippen LogP contribution in [0.3, 0.4) is 0 Å². The smallest absolute Gasteiger partial charge is 0.320 e. The number of nitrogens with zero attached hydrogens (tertiary/aromatic N) is 1. The summed E-state index contributed by atoms with van der Waals surface area (Å²) in [5.41, 5.74) is 1.86. The molecule has 112 valence electrons. The SMILES string of the molecule is COC[C@@H](C)NC(=O)Nc1sc(-c2ccccc2)nc1C. The summed E-state index contributed by atoms with van der Waals surface area (Å²) in [4.78, 5) is 16.4. The molecule has 0 fully saturated rings. The first-order chi connectivity index (χ1) is 10.1. The molecule has 0 aliphatic rings. The molecule has 2 amide bonds. The maximum absolute atomic E-state index is 11.9. The van der Waals surface area contributed by atoms with Crippen LogP contribution in [0.1, 0.15) is 12.6 Å². The van der Waals surface area contributed by atoms with Gasteiger partial charge in [-0.25, -0.2) is 9.78 Å². The van der Waals surface area contributed by atoms with Crippen LogP contribution in [-0.4, -0.2) is 30.8 Å². The van der Waals surface area contributed by atoms with Crippen molar-refractivity contribution in [3.8, 4) is 10.6 Å². The Morgan fingerprint density at radius 2 is 2.10 bits per heavy atom. The van der Waals surface area contributed by atoms with Crippen LogP contribution in [0.25, 0.3) is 10.6 Å². The Morgan fingerprint density at radius 3 is 2.76 bits per heavy atom. The summed E-state index contributed by atoms with van der Waals surface area (Å²) in [5, 5.41) is 7.31. The number of aromatic nitrogens is 1. The minimum absolute atomic E-state index is 0.0446. The van der Waals surface area contributed by atoms with Gasteiger partial charge in [-0.3, -0.25) is 5.32 Å². The molecule has 0 unspecified atom stereocenters. The Kier molecular flexibility index (Phi) is 5.30. The van der Waals surface area contributed by atoms with Crippen LogP contribution in [-0.2, 0) is 4.74 Å². The quantitative estimate of drug-likeness (QED) is 0.891. The van der Waals surface area contributed by atoms with Crippen molar-refractivity contribution < 1.29 is 9.53 Å². The van der Waals surface area contributed by atoms with E-state index in [2.05, 4.69) is 15.6 Å². The minimum Gasteiger partial charge on any atom is -0.383 e. The second-order valence-corrected chi connectivity index (χ2v) is 5.75. The van der Waals surface area contributed by atoms with Gasteiger partial charge in [0.2, 0.25) is 0 Å². The summed E-state index contributed by atoms with van der Waals surface area (Å²) < 4.78 is 4.99. The monoisotopic (exact) mass is 305 g/mol. The van der Waals surface area contributed by atoms with Gasteiger partial charge in [0.05, 0.1) is 18.3 Å². The number of rotatable bonds is 5. The van der Waals surface area contributed by atoms with Crippen molar-refractivity contribution in [3.63, 3.8) is 0 Å². The summed E-state index contributed by atoms with van der Waals surface area (Å²) in [6.07, 6.45) is 0. The highest BCUT2D eigenvalue weighted by atomic mass is 32.1. The van der Waals surface area contributed by atoms with Gasteiger partial charge in [-0.05, 0) is 13.8 Å². The lowest BCUT2D eigenvalue weighted by Crippen LogP contribution is -2.38. The highest BCUT2D eigenvalue weighted by Gasteiger charge is 2.13. The molecule has 1 aromatic carbocycles. The van der Waals surface area contributed by atoms with E-state index in [0.717, 1.165) is 21.3 Å². The molecule has 2 aromatic rings. The van der Waals surface area contributed by atoms with Crippen molar-refractivity contribution in [3.05, 3.63) is 36.0 Å². The van der Waals surface area contributed by atoms with Crippen LogP contribution in [0, 0.1) is 6.92 Å². The van der Waals surface area contributed by atoms with Crippen molar-refractivity contribution in [2.75, 3.05) is 19.0 Å². The van der Waals surface area contributed by atoms with Crippen LogP contribution in [0.15, 0.2) is 30.3 Å². The van der Waals surface area contributed by atoms with Gasteiger partial charge >= 0.3 is 6.03 Å². The number of thiazole rings is 1. The second kappa shape index (κ2) is 7.19. The fraction of sp³-hybridized carbons (Fsp3) is 0.333. The molecule has 2 N–H and O–H groups in total. The number of carbonyl (C=O) groups is 1. The van der Waals surface area contributed by atoms with Gasteiger partial charge in [-0.15, -0.1) is 0 Å². The Morgan fingerprint density at radius 1 is 1.38 bits per heavy atom. The molecule has 2 rings (SSSR count). The predicted molar refractivity (Wildman–Crippen MR) is 85.8 cm³/mol. The Bertz CT molecular complexity index is 598. The van der Waals surface area contributed by atoms with Crippen LogP contribution in [0.2, 0.25) is 0 Å². The van der Waals surface area contributed by atoms with E-state index in [0.29, 0.717) is 6.61 Å². The summed E-state index contributed by atoms with van der Waals surface area (Å²) in [6.45, 7) is 4.25. The van der Waals surface area contributed by atoms with E-state index in [1.807, 2.05) is 44.2 Å². The molecule has 0 radical (unpaired) electrons. The van der Waals surface area contributed by atoms with E-state index >= 15 is 0 Å². The van der Waals surface area contributed by atoms with Crippen LogP contribution < -0.4 is 10.6 Å². The molecule has 0 spiro atoms. The lowest BCUT2D eigenvalue weighted by molar-refractivity contribution is 0.173. The Balaban J connectivity index is 2.05. The second-order valence-electron chi connectivity index (χ2n) is 4.75. The van der Waals surface area contributed by atoms with Crippen molar-refractivity contribution in [2.24, 2.45) is 0 Å². The van der Waals surface area contributed by atoms with Crippen molar-refractivity contribution >= 4 is 22.4 Å². The van der Waals surface area contributed by atoms with Gasteiger partial charge < -0.3 is 10.1 Å². The highest BCUT2D eigenvalue weighted by molar-refractivity contribution is 7.19. The Hall–Kier alpha value is -1.92. The number of amides is 2. The molecule has 5 nitrogen and oxygen atoms in total. The summed E-state index contributed by atoms with van der Waals surface area (Å²) >= 11 is 1.47. The predicted octanol–water partition coefficient (Wildman–Crippen LogP) is 3.27. The summed E-state index contributed by atoms with van der Waals surface area (Å²) in [5.74, 6) is 0. The van der Waals surface area contributed by atoms with Gasteiger partial charge in [-0.2, -0.15) is 0 Å². The van der Waals surface area contributed by atoms with Crippen LogP contribution >= 0.6 is 11.3 Å². The number of methoxy groups -OCH3 is 1. The number of hydrogen-bond donors (Lipinski definition) is 2. The third kappa shape index (κ3) is 4.27. The average molecular weight is 305 g/mol. The number of anilines is 1. The molecular weight excluding hydrogens is 286 g/mol. The first-order valence-electron chi connectivity index (χ1n) is 6.69. The van der Waals surface area contributed by atoms with E-state index in [-0.39, 0.29) is 12.1 Å². The van der Waals surface area contributed by atoms with E-state index in [1.54, 1.807) is 7.11 Å². The minimum atomic E-state index is -0.245. The van der Waals surface area contributed by atoms with Crippen molar-refractivity contribution in [2.45, 2.75) is 19.9 Å². The van der Waals surface area contributed by atoms with Gasteiger partial charge in [-0.1, -0.05) is 41.7 Å². The number of urea groups is 1. The summed E-state index contributed by atoms with van der Waals surface area (Å²) in [6, 6.07) is 9.62. The zero-order valence-electron chi connectivity index (χ0n) is 12.3. The van der Waals surface area contributed by atoms with Crippen molar-refractivity contribution in [1.29, 1.82) is 0 Å². The molecular formula is C15H19N3O2S. The third-order valence-electron chi connectivity index (χ3n) is 2.84. The first kappa shape index (κ1) is 15.5. The van der Waals surface area contributed by atoms with E-state index in [4.69, 9.17) is 4.74 Å². The molecule has 0 bridgehead atoms. The topological polar surface area (TPSA) is 63.2 Å². The zero-order chi connectivity index (χ0) is 15.2. The molecule has 1 atom stereocenters. The molecule has 0 saturated heterocycles.